The number of anilines is 1. The van der Waals surface area contributed by atoms with Gasteiger partial charge in [0.25, 0.3) is 0 Å². The lowest BCUT2D eigenvalue weighted by molar-refractivity contribution is -0.143. The second-order valence-corrected chi connectivity index (χ2v) is 5.37. The van der Waals surface area contributed by atoms with E-state index in [-0.39, 0.29) is 12.5 Å². The summed E-state index contributed by atoms with van der Waals surface area (Å²) >= 11 is 0. The highest BCUT2D eigenvalue weighted by Gasteiger charge is 2.22. The molecule has 1 fully saturated rings. The zero-order valence-electron chi connectivity index (χ0n) is 12.8. The van der Waals surface area contributed by atoms with Gasteiger partial charge < -0.3 is 20.1 Å². The lowest BCUT2D eigenvalue weighted by atomic mass is 10.1. The van der Waals surface area contributed by atoms with Crippen LogP contribution in [0.5, 0.6) is 0 Å². The van der Waals surface area contributed by atoms with E-state index in [1.54, 1.807) is 12.1 Å². The van der Waals surface area contributed by atoms with Gasteiger partial charge in [-0.05, 0) is 30.5 Å². The highest BCUT2D eigenvalue weighted by atomic mass is 16.5. The molecular formula is C16H20N2O5. The maximum atomic E-state index is 11.5. The molecule has 2 amide bonds. The van der Waals surface area contributed by atoms with Gasteiger partial charge in [0.2, 0.25) is 11.8 Å². The molecule has 1 saturated heterocycles. The molecule has 2 rings (SSSR count). The number of benzene rings is 1. The average molecular weight is 320 g/mol. The predicted octanol–water partition coefficient (Wildman–Crippen LogP) is 0.891. The van der Waals surface area contributed by atoms with Crippen molar-refractivity contribution in [1.82, 2.24) is 4.90 Å². The number of carboxylic acid groups (broad SMARTS) is 1. The molecule has 0 unspecified atom stereocenters. The molecule has 0 atom stereocenters. The second kappa shape index (κ2) is 8.28. The zero-order valence-corrected chi connectivity index (χ0v) is 12.8. The van der Waals surface area contributed by atoms with Crippen LogP contribution in [0.1, 0.15) is 18.4 Å². The third-order valence-corrected chi connectivity index (χ3v) is 3.54. The van der Waals surface area contributed by atoms with E-state index < -0.39 is 18.5 Å². The number of rotatable bonds is 9. The SMILES string of the molecule is O=C(O)COCC(=O)Nc1ccc(CCCN2CCC2=O)cc1. The fourth-order valence-electron chi connectivity index (χ4n) is 2.25. The highest BCUT2D eigenvalue weighted by Crippen LogP contribution is 2.13. The fourth-order valence-corrected chi connectivity index (χ4v) is 2.25. The molecule has 7 nitrogen and oxygen atoms in total. The van der Waals surface area contributed by atoms with Crippen molar-refractivity contribution in [2.75, 3.05) is 31.6 Å². The van der Waals surface area contributed by atoms with Crippen molar-refractivity contribution in [3.63, 3.8) is 0 Å². The monoisotopic (exact) mass is 320 g/mol. The molecule has 0 aliphatic carbocycles. The van der Waals surface area contributed by atoms with Gasteiger partial charge in [-0.2, -0.15) is 0 Å². The Hall–Kier alpha value is -2.41. The number of β-lactam (4-membered cyclic amide) rings is 1. The van der Waals surface area contributed by atoms with Crippen LogP contribution < -0.4 is 5.32 Å². The van der Waals surface area contributed by atoms with Crippen LogP contribution >= 0.6 is 0 Å². The molecule has 0 aromatic heterocycles. The normalized spacial score (nSPS) is 13.6. The lowest BCUT2D eigenvalue weighted by Crippen LogP contribution is -2.43. The fraction of sp³-hybridized carbons (Fsp3) is 0.438. The molecule has 0 bridgehead atoms. The Morgan fingerprint density at radius 2 is 1.96 bits per heavy atom. The summed E-state index contributed by atoms with van der Waals surface area (Å²) in [6, 6.07) is 7.43. The van der Waals surface area contributed by atoms with Crippen molar-refractivity contribution in [2.45, 2.75) is 19.3 Å². The van der Waals surface area contributed by atoms with Gasteiger partial charge in [0, 0.05) is 25.2 Å². The second-order valence-electron chi connectivity index (χ2n) is 5.37. The summed E-state index contributed by atoms with van der Waals surface area (Å²) in [5.74, 6) is -1.27. The van der Waals surface area contributed by atoms with Gasteiger partial charge in [0.15, 0.2) is 0 Å². The summed E-state index contributed by atoms with van der Waals surface area (Å²) in [7, 11) is 0. The predicted molar refractivity (Wildman–Crippen MR) is 83.0 cm³/mol. The minimum absolute atomic E-state index is 0.230. The molecule has 2 N–H and O–H groups in total. The van der Waals surface area contributed by atoms with Gasteiger partial charge in [0.1, 0.15) is 13.2 Å². The van der Waals surface area contributed by atoms with Crippen LogP contribution in [0.15, 0.2) is 24.3 Å². The maximum absolute atomic E-state index is 11.5. The number of aliphatic carboxylic acids is 1. The molecule has 23 heavy (non-hydrogen) atoms. The van der Waals surface area contributed by atoms with Crippen LogP contribution in [0.3, 0.4) is 0 Å². The van der Waals surface area contributed by atoms with Crippen molar-refractivity contribution in [3.8, 4) is 0 Å². The number of nitrogens with zero attached hydrogens (tertiary/aromatic N) is 1. The van der Waals surface area contributed by atoms with Crippen LogP contribution in [0, 0.1) is 0 Å². The van der Waals surface area contributed by atoms with E-state index in [1.165, 1.54) is 0 Å². The van der Waals surface area contributed by atoms with Crippen LogP contribution in [-0.2, 0) is 25.5 Å². The van der Waals surface area contributed by atoms with E-state index in [1.807, 2.05) is 17.0 Å². The van der Waals surface area contributed by atoms with Crippen LogP contribution in [0.2, 0.25) is 0 Å². The smallest absolute Gasteiger partial charge is 0.329 e. The molecule has 1 aliphatic rings. The Kier molecular flexibility index (Phi) is 6.10. The van der Waals surface area contributed by atoms with E-state index in [9.17, 15) is 14.4 Å². The first kappa shape index (κ1) is 17.0. The number of nitrogens with one attached hydrogen (secondary N) is 1. The summed E-state index contributed by atoms with van der Waals surface area (Å²) in [5.41, 5.74) is 1.77. The van der Waals surface area contributed by atoms with Crippen molar-refractivity contribution < 1.29 is 24.2 Å². The number of carbonyl (C=O) groups is 3. The zero-order chi connectivity index (χ0) is 16.7. The van der Waals surface area contributed by atoms with Crippen LogP contribution in [0.25, 0.3) is 0 Å². The Bertz CT molecular complexity index is 570. The molecule has 1 heterocycles. The third-order valence-electron chi connectivity index (χ3n) is 3.54. The maximum Gasteiger partial charge on any atom is 0.329 e. The molecule has 1 aromatic carbocycles. The standard InChI is InChI=1S/C16H20N2O5/c19-14(10-23-11-16(21)22)17-13-5-3-12(4-6-13)2-1-8-18-9-7-15(18)20/h3-6H,1-2,7-11H2,(H,17,19)(H,21,22). The summed E-state index contributed by atoms with van der Waals surface area (Å²) in [6.07, 6.45) is 2.46. The van der Waals surface area contributed by atoms with E-state index in [0.717, 1.165) is 31.5 Å². The van der Waals surface area contributed by atoms with Crippen molar-refractivity contribution in [3.05, 3.63) is 29.8 Å². The van der Waals surface area contributed by atoms with E-state index in [4.69, 9.17) is 9.84 Å². The summed E-state index contributed by atoms with van der Waals surface area (Å²) in [4.78, 5) is 34.8. The van der Waals surface area contributed by atoms with Gasteiger partial charge in [-0.1, -0.05) is 12.1 Å². The number of ether oxygens (including phenoxy) is 1. The van der Waals surface area contributed by atoms with Crippen molar-refractivity contribution >= 4 is 23.5 Å². The minimum Gasteiger partial charge on any atom is -0.480 e. The summed E-state index contributed by atoms with van der Waals surface area (Å²) in [6.45, 7) is 0.871. The number of amides is 2. The molecule has 0 saturated carbocycles. The largest absolute Gasteiger partial charge is 0.480 e. The number of hydrogen-bond acceptors (Lipinski definition) is 4. The molecule has 0 spiro atoms. The van der Waals surface area contributed by atoms with Gasteiger partial charge >= 0.3 is 5.97 Å². The first-order valence-corrected chi connectivity index (χ1v) is 7.50. The molecule has 1 aromatic rings. The first-order chi connectivity index (χ1) is 11.0. The molecule has 0 radical (unpaired) electrons. The Morgan fingerprint density at radius 3 is 2.52 bits per heavy atom. The topological polar surface area (TPSA) is 95.9 Å². The lowest BCUT2D eigenvalue weighted by Gasteiger charge is -2.30. The van der Waals surface area contributed by atoms with Crippen molar-refractivity contribution in [2.24, 2.45) is 0 Å². The molecule has 124 valence electrons. The van der Waals surface area contributed by atoms with Gasteiger partial charge in [-0.3, -0.25) is 9.59 Å². The molecular weight excluding hydrogens is 300 g/mol. The number of aryl methyl sites for hydroxylation is 1. The number of likely N-dealkylation sites (tertiary alicyclic amines) is 1. The Balaban J connectivity index is 1.68. The van der Waals surface area contributed by atoms with Crippen LogP contribution in [-0.4, -0.2) is 54.1 Å². The van der Waals surface area contributed by atoms with Gasteiger partial charge in [-0.25, -0.2) is 4.79 Å². The Morgan fingerprint density at radius 1 is 1.22 bits per heavy atom. The third kappa shape index (κ3) is 5.71. The highest BCUT2D eigenvalue weighted by molar-refractivity contribution is 5.91. The molecule has 1 aliphatic heterocycles. The Labute approximate surface area is 134 Å². The van der Waals surface area contributed by atoms with E-state index in [2.05, 4.69) is 5.32 Å². The first-order valence-electron chi connectivity index (χ1n) is 7.50. The quantitative estimate of drug-likeness (QED) is 0.659. The van der Waals surface area contributed by atoms with Gasteiger partial charge in [0.05, 0.1) is 0 Å². The van der Waals surface area contributed by atoms with E-state index in [0.29, 0.717) is 12.1 Å². The van der Waals surface area contributed by atoms with E-state index >= 15 is 0 Å². The van der Waals surface area contributed by atoms with Crippen LogP contribution in [0.4, 0.5) is 5.69 Å². The number of carboxylic acids is 1. The average Bonchev–Trinajstić information content (AvgIpc) is 2.51. The van der Waals surface area contributed by atoms with Gasteiger partial charge in [-0.15, -0.1) is 0 Å². The summed E-state index contributed by atoms with van der Waals surface area (Å²) in [5, 5.41) is 11.0. The number of carbonyl (C=O) groups excluding carboxylic acids is 2. The minimum atomic E-state index is -1.11. The van der Waals surface area contributed by atoms with Crippen molar-refractivity contribution in [1.29, 1.82) is 0 Å². The number of hydrogen-bond donors (Lipinski definition) is 2. The molecule has 7 heteroatoms. The summed E-state index contributed by atoms with van der Waals surface area (Å²) < 4.78 is 4.71.